The summed E-state index contributed by atoms with van der Waals surface area (Å²) in [6.45, 7) is 5.54. The Hall–Kier alpha value is -1.58. The largest absolute Gasteiger partial charge is 0.479 e. The maximum Gasteiger partial charge on any atom is 0.347 e. The monoisotopic (exact) mass is 240 g/mol. The summed E-state index contributed by atoms with van der Waals surface area (Å²) in [5.41, 5.74) is 0.487. The van der Waals surface area contributed by atoms with Gasteiger partial charge in [-0.05, 0) is 44.0 Å². The Morgan fingerprint density at radius 2 is 2.12 bits per heavy atom. The Morgan fingerprint density at radius 1 is 1.41 bits per heavy atom. The van der Waals surface area contributed by atoms with Crippen molar-refractivity contribution in [1.29, 1.82) is 0 Å². The molecule has 0 bridgehead atoms. The highest BCUT2D eigenvalue weighted by Gasteiger charge is 2.19. The lowest BCUT2D eigenvalue weighted by Gasteiger charge is -2.16. The molecule has 3 nitrogen and oxygen atoms in total. The van der Waals surface area contributed by atoms with Crippen LogP contribution in [0.15, 0.2) is 18.2 Å². The molecule has 0 radical (unpaired) electrons. The van der Waals surface area contributed by atoms with Crippen molar-refractivity contribution in [3.8, 4) is 5.75 Å². The number of carbonyl (C=O) groups is 1. The predicted octanol–water partition coefficient (Wildman–Crippen LogP) is 2.85. The molecule has 1 unspecified atom stereocenters. The van der Waals surface area contributed by atoms with Crippen molar-refractivity contribution in [2.75, 3.05) is 6.61 Å². The fourth-order valence-electron chi connectivity index (χ4n) is 1.39. The third-order valence-corrected chi connectivity index (χ3v) is 2.33. The molecule has 1 aromatic rings. The first-order valence-corrected chi connectivity index (χ1v) is 5.67. The molecule has 0 aliphatic heterocycles. The summed E-state index contributed by atoms with van der Waals surface area (Å²) in [5, 5.41) is 0. The lowest BCUT2D eigenvalue weighted by atomic mass is 10.2. The molecule has 0 saturated heterocycles. The van der Waals surface area contributed by atoms with Crippen molar-refractivity contribution in [3.05, 3.63) is 29.6 Å². The van der Waals surface area contributed by atoms with Crippen molar-refractivity contribution < 1.29 is 18.7 Å². The van der Waals surface area contributed by atoms with Crippen LogP contribution in [0.5, 0.6) is 5.75 Å². The minimum Gasteiger partial charge on any atom is -0.479 e. The molecule has 0 fully saturated rings. The van der Waals surface area contributed by atoms with E-state index in [1.807, 2.05) is 6.92 Å². The standard InChI is InChI=1S/C13H17FO3/c1-4-12(13(15)16-5-2)17-10-6-7-11(14)9(3)8-10/h6-8,12H,4-5H2,1-3H3. The quantitative estimate of drug-likeness (QED) is 0.742. The molecule has 0 spiro atoms. The van der Waals surface area contributed by atoms with E-state index in [9.17, 15) is 9.18 Å². The van der Waals surface area contributed by atoms with Crippen LogP contribution in [0.4, 0.5) is 4.39 Å². The number of ether oxygens (including phenoxy) is 2. The molecule has 1 rings (SSSR count). The summed E-state index contributed by atoms with van der Waals surface area (Å²) in [4.78, 5) is 11.5. The number of aryl methyl sites for hydroxylation is 1. The van der Waals surface area contributed by atoms with E-state index in [1.165, 1.54) is 12.1 Å². The van der Waals surface area contributed by atoms with Crippen LogP contribution < -0.4 is 4.74 Å². The minimum absolute atomic E-state index is 0.290. The smallest absolute Gasteiger partial charge is 0.347 e. The molecule has 0 amide bonds. The van der Waals surface area contributed by atoms with E-state index in [0.29, 0.717) is 24.3 Å². The Kier molecular flexibility index (Phi) is 4.94. The average Bonchev–Trinajstić information content (AvgIpc) is 2.30. The van der Waals surface area contributed by atoms with Crippen LogP contribution in [-0.2, 0) is 9.53 Å². The molecule has 0 saturated carbocycles. The lowest BCUT2D eigenvalue weighted by Crippen LogP contribution is -2.28. The number of hydrogen-bond donors (Lipinski definition) is 0. The first-order valence-electron chi connectivity index (χ1n) is 5.67. The summed E-state index contributed by atoms with van der Waals surface area (Å²) in [5.74, 6) is -0.206. The Balaban J connectivity index is 2.73. The predicted molar refractivity (Wildman–Crippen MR) is 62.5 cm³/mol. The number of rotatable bonds is 5. The van der Waals surface area contributed by atoms with Crippen molar-refractivity contribution >= 4 is 5.97 Å². The minimum atomic E-state index is -0.639. The number of hydrogen-bond acceptors (Lipinski definition) is 3. The fourth-order valence-corrected chi connectivity index (χ4v) is 1.39. The number of esters is 1. The van der Waals surface area contributed by atoms with Gasteiger partial charge in [0.1, 0.15) is 11.6 Å². The van der Waals surface area contributed by atoms with Crippen molar-refractivity contribution in [2.45, 2.75) is 33.3 Å². The topological polar surface area (TPSA) is 35.5 Å². The summed E-state index contributed by atoms with van der Waals surface area (Å²) < 4.78 is 23.4. The summed E-state index contributed by atoms with van der Waals surface area (Å²) in [6, 6.07) is 4.39. The number of benzene rings is 1. The molecular weight excluding hydrogens is 223 g/mol. The van der Waals surface area contributed by atoms with Crippen molar-refractivity contribution in [2.24, 2.45) is 0 Å². The lowest BCUT2D eigenvalue weighted by molar-refractivity contribution is -0.151. The maximum absolute atomic E-state index is 13.1. The van der Waals surface area contributed by atoms with Crippen LogP contribution in [0.25, 0.3) is 0 Å². The molecule has 0 N–H and O–H groups in total. The van der Waals surface area contributed by atoms with Crippen LogP contribution >= 0.6 is 0 Å². The third-order valence-electron chi connectivity index (χ3n) is 2.33. The Labute approximate surface area is 101 Å². The SMILES string of the molecule is CCOC(=O)C(CC)Oc1ccc(F)c(C)c1. The van der Waals surface area contributed by atoms with Gasteiger partial charge in [0.2, 0.25) is 0 Å². The number of halogens is 1. The van der Waals surface area contributed by atoms with Crippen LogP contribution in [0.3, 0.4) is 0 Å². The molecular formula is C13H17FO3. The third kappa shape index (κ3) is 3.73. The van der Waals surface area contributed by atoms with Gasteiger partial charge in [-0.15, -0.1) is 0 Å². The van der Waals surface area contributed by atoms with Gasteiger partial charge in [-0.25, -0.2) is 9.18 Å². The summed E-state index contributed by atoms with van der Waals surface area (Å²) in [7, 11) is 0. The second kappa shape index (κ2) is 6.23. The van der Waals surface area contributed by atoms with Gasteiger partial charge in [0.15, 0.2) is 6.10 Å². The van der Waals surface area contributed by atoms with E-state index in [1.54, 1.807) is 19.9 Å². The second-order valence-corrected chi connectivity index (χ2v) is 3.68. The Bertz CT molecular complexity index is 390. The zero-order valence-electron chi connectivity index (χ0n) is 10.3. The molecule has 1 atom stereocenters. The van der Waals surface area contributed by atoms with Gasteiger partial charge < -0.3 is 9.47 Å². The van der Waals surface area contributed by atoms with Crippen molar-refractivity contribution in [3.63, 3.8) is 0 Å². The molecule has 94 valence electrons. The molecule has 1 aromatic carbocycles. The van der Waals surface area contributed by atoms with Gasteiger partial charge in [-0.2, -0.15) is 0 Å². The first kappa shape index (κ1) is 13.5. The zero-order valence-corrected chi connectivity index (χ0v) is 10.3. The normalized spacial score (nSPS) is 12.0. The highest BCUT2D eigenvalue weighted by Crippen LogP contribution is 2.18. The van der Waals surface area contributed by atoms with Gasteiger partial charge in [-0.1, -0.05) is 6.92 Å². The summed E-state index contributed by atoms with van der Waals surface area (Å²) >= 11 is 0. The molecule has 17 heavy (non-hydrogen) atoms. The van der Waals surface area contributed by atoms with Crippen molar-refractivity contribution in [1.82, 2.24) is 0 Å². The van der Waals surface area contributed by atoms with E-state index in [-0.39, 0.29) is 5.82 Å². The van der Waals surface area contributed by atoms with E-state index in [0.717, 1.165) is 0 Å². The van der Waals surface area contributed by atoms with Gasteiger partial charge in [-0.3, -0.25) is 0 Å². The average molecular weight is 240 g/mol. The molecule has 0 heterocycles. The van der Waals surface area contributed by atoms with E-state index < -0.39 is 12.1 Å². The first-order chi connectivity index (χ1) is 8.08. The van der Waals surface area contributed by atoms with Gasteiger partial charge in [0.25, 0.3) is 0 Å². The highest BCUT2D eigenvalue weighted by molar-refractivity contribution is 5.75. The van der Waals surface area contributed by atoms with Crippen LogP contribution in [0.2, 0.25) is 0 Å². The number of carbonyl (C=O) groups excluding carboxylic acids is 1. The van der Waals surface area contributed by atoms with Gasteiger partial charge >= 0.3 is 5.97 Å². The molecule has 0 aromatic heterocycles. The van der Waals surface area contributed by atoms with E-state index in [4.69, 9.17) is 9.47 Å². The maximum atomic E-state index is 13.1. The van der Waals surface area contributed by atoms with Crippen LogP contribution in [-0.4, -0.2) is 18.7 Å². The van der Waals surface area contributed by atoms with Gasteiger partial charge in [0, 0.05) is 0 Å². The van der Waals surface area contributed by atoms with Crippen LogP contribution in [0.1, 0.15) is 25.8 Å². The zero-order chi connectivity index (χ0) is 12.8. The molecule has 0 aliphatic carbocycles. The molecule has 0 aliphatic rings. The summed E-state index contributed by atoms with van der Waals surface area (Å²) in [6.07, 6.45) is -0.130. The van der Waals surface area contributed by atoms with Crippen LogP contribution in [0, 0.1) is 12.7 Å². The van der Waals surface area contributed by atoms with E-state index >= 15 is 0 Å². The highest BCUT2D eigenvalue weighted by atomic mass is 19.1. The van der Waals surface area contributed by atoms with Gasteiger partial charge in [0.05, 0.1) is 6.61 Å². The molecule has 4 heteroatoms. The Morgan fingerprint density at radius 3 is 2.65 bits per heavy atom. The second-order valence-electron chi connectivity index (χ2n) is 3.68. The fraction of sp³-hybridized carbons (Fsp3) is 0.462. The van der Waals surface area contributed by atoms with E-state index in [2.05, 4.69) is 0 Å².